The molecule has 1 aromatic carbocycles. The number of rotatable bonds is 2. The Morgan fingerprint density at radius 3 is 2.81 bits per heavy atom. The van der Waals surface area contributed by atoms with Gasteiger partial charge in [0, 0.05) is 5.56 Å². The van der Waals surface area contributed by atoms with Crippen LogP contribution in [0.1, 0.15) is 10.4 Å². The number of benzene rings is 1. The summed E-state index contributed by atoms with van der Waals surface area (Å²) < 4.78 is 23.0. The Labute approximate surface area is 91.5 Å². The molecule has 0 aliphatic carbocycles. The van der Waals surface area contributed by atoms with Crippen molar-refractivity contribution in [2.45, 2.75) is 0 Å². The Morgan fingerprint density at radius 2 is 2.19 bits per heavy atom. The van der Waals surface area contributed by atoms with Gasteiger partial charge in [-0.15, -0.1) is 0 Å². The highest BCUT2D eigenvalue weighted by atomic mass is 19.1. The molecule has 1 heterocycles. The minimum Gasteiger partial charge on any atom is -0.465 e. The standard InChI is InChI=1S/C12H9FO3/c1-15-12(14)9-7-8(4-5-10(9)13)11-3-2-6-16-11/h2-7H,1H3. The Morgan fingerprint density at radius 1 is 1.38 bits per heavy atom. The van der Waals surface area contributed by atoms with E-state index in [4.69, 9.17) is 4.42 Å². The summed E-state index contributed by atoms with van der Waals surface area (Å²) in [5, 5.41) is 0. The van der Waals surface area contributed by atoms with Crippen molar-refractivity contribution in [2.75, 3.05) is 7.11 Å². The number of hydrogen-bond acceptors (Lipinski definition) is 3. The molecule has 0 aliphatic heterocycles. The molecule has 2 aromatic rings. The molecule has 0 aliphatic rings. The first-order valence-electron chi connectivity index (χ1n) is 4.64. The van der Waals surface area contributed by atoms with Crippen molar-refractivity contribution in [3.63, 3.8) is 0 Å². The molecule has 0 amide bonds. The lowest BCUT2D eigenvalue weighted by atomic mass is 10.1. The molecule has 82 valence electrons. The number of esters is 1. The molecule has 0 bridgehead atoms. The predicted molar refractivity (Wildman–Crippen MR) is 55.4 cm³/mol. The Kier molecular flexibility index (Phi) is 2.72. The number of ether oxygens (including phenoxy) is 1. The fraction of sp³-hybridized carbons (Fsp3) is 0.0833. The lowest BCUT2D eigenvalue weighted by molar-refractivity contribution is 0.0595. The van der Waals surface area contributed by atoms with Crippen molar-refractivity contribution in [3.05, 3.63) is 48.0 Å². The Hall–Kier alpha value is -2.10. The van der Waals surface area contributed by atoms with E-state index in [1.54, 1.807) is 18.2 Å². The first kappa shape index (κ1) is 10.4. The molecule has 4 heteroatoms. The zero-order chi connectivity index (χ0) is 11.5. The van der Waals surface area contributed by atoms with Crippen molar-refractivity contribution >= 4 is 5.97 Å². The summed E-state index contributed by atoms with van der Waals surface area (Å²) in [7, 11) is 1.21. The van der Waals surface area contributed by atoms with Crippen molar-refractivity contribution in [1.82, 2.24) is 0 Å². The van der Waals surface area contributed by atoms with E-state index in [0.717, 1.165) is 0 Å². The van der Waals surface area contributed by atoms with E-state index in [9.17, 15) is 9.18 Å². The first-order valence-corrected chi connectivity index (χ1v) is 4.64. The van der Waals surface area contributed by atoms with Gasteiger partial charge >= 0.3 is 5.97 Å². The number of carbonyl (C=O) groups is 1. The minimum absolute atomic E-state index is 0.101. The van der Waals surface area contributed by atoms with Crippen LogP contribution in [0.4, 0.5) is 4.39 Å². The summed E-state index contributed by atoms with van der Waals surface area (Å²) in [6.07, 6.45) is 1.51. The molecule has 0 saturated carbocycles. The van der Waals surface area contributed by atoms with Crippen LogP contribution in [0.25, 0.3) is 11.3 Å². The molecule has 0 spiro atoms. The van der Waals surface area contributed by atoms with Crippen molar-refractivity contribution < 1.29 is 18.3 Å². The van der Waals surface area contributed by atoms with Crippen LogP contribution >= 0.6 is 0 Å². The molecule has 0 unspecified atom stereocenters. The second kappa shape index (κ2) is 4.18. The third-order valence-electron chi connectivity index (χ3n) is 2.18. The highest BCUT2D eigenvalue weighted by Gasteiger charge is 2.13. The number of furan rings is 1. The summed E-state index contributed by atoms with van der Waals surface area (Å²) in [4.78, 5) is 11.3. The smallest absolute Gasteiger partial charge is 0.340 e. The average molecular weight is 220 g/mol. The van der Waals surface area contributed by atoms with Crippen molar-refractivity contribution in [1.29, 1.82) is 0 Å². The van der Waals surface area contributed by atoms with Gasteiger partial charge < -0.3 is 9.15 Å². The average Bonchev–Trinajstić information content (AvgIpc) is 2.82. The Balaban J connectivity index is 2.47. The van der Waals surface area contributed by atoms with Gasteiger partial charge in [0.1, 0.15) is 11.6 Å². The zero-order valence-electron chi connectivity index (χ0n) is 8.57. The van der Waals surface area contributed by atoms with E-state index < -0.39 is 11.8 Å². The second-order valence-electron chi connectivity index (χ2n) is 3.16. The lowest BCUT2D eigenvalue weighted by Crippen LogP contribution is -2.04. The van der Waals surface area contributed by atoms with E-state index in [1.165, 1.54) is 25.5 Å². The molecule has 1 aromatic heterocycles. The third kappa shape index (κ3) is 1.82. The molecule has 0 atom stereocenters. The van der Waals surface area contributed by atoms with Crippen LogP contribution in [0, 0.1) is 5.82 Å². The summed E-state index contributed by atoms with van der Waals surface area (Å²) in [6.45, 7) is 0. The molecular weight excluding hydrogens is 211 g/mol. The number of methoxy groups -OCH3 is 1. The van der Waals surface area contributed by atoms with Crippen LogP contribution in [0.2, 0.25) is 0 Å². The monoisotopic (exact) mass is 220 g/mol. The van der Waals surface area contributed by atoms with E-state index in [2.05, 4.69) is 4.74 Å². The molecule has 0 N–H and O–H groups in total. The van der Waals surface area contributed by atoms with E-state index in [-0.39, 0.29) is 5.56 Å². The van der Waals surface area contributed by atoms with Gasteiger partial charge in [-0.25, -0.2) is 9.18 Å². The molecule has 0 fully saturated rings. The number of carbonyl (C=O) groups excluding carboxylic acids is 1. The number of halogens is 1. The van der Waals surface area contributed by atoms with Gasteiger partial charge in [-0.1, -0.05) is 0 Å². The van der Waals surface area contributed by atoms with Crippen molar-refractivity contribution in [2.24, 2.45) is 0 Å². The molecule has 0 saturated heterocycles. The van der Waals surface area contributed by atoms with Gasteiger partial charge in [0.15, 0.2) is 0 Å². The maximum Gasteiger partial charge on any atom is 0.340 e. The maximum atomic E-state index is 13.3. The van der Waals surface area contributed by atoms with E-state index >= 15 is 0 Å². The van der Waals surface area contributed by atoms with E-state index in [1.807, 2.05) is 0 Å². The fourth-order valence-electron chi connectivity index (χ4n) is 1.39. The van der Waals surface area contributed by atoms with Crippen LogP contribution in [-0.4, -0.2) is 13.1 Å². The number of hydrogen-bond donors (Lipinski definition) is 0. The molecule has 3 nitrogen and oxygen atoms in total. The van der Waals surface area contributed by atoms with Crippen LogP contribution in [0.15, 0.2) is 41.0 Å². The quantitative estimate of drug-likeness (QED) is 0.730. The van der Waals surface area contributed by atoms with Gasteiger partial charge in [0.2, 0.25) is 0 Å². The second-order valence-corrected chi connectivity index (χ2v) is 3.16. The zero-order valence-corrected chi connectivity index (χ0v) is 8.57. The molecule has 0 radical (unpaired) electrons. The summed E-state index contributed by atoms with van der Waals surface area (Å²) in [5.41, 5.74) is 0.531. The van der Waals surface area contributed by atoms with Gasteiger partial charge in [-0.3, -0.25) is 0 Å². The van der Waals surface area contributed by atoms with Gasteiger partial charge in [0.05, 0.1) is 18.9 Å². The third-order valence-corrected chi connectivity index (χ3v) is 2.18. The SMILES string of the molecule is COC(=O)c1cc(-c2ccco2)ccc1F. The summed E-state index contributed by atoms with van der Waals surface area (Å²) in [6, 6.07) is 7.61. The molecular formula is C12H9FO3. The van der Waals surface area contributed by atoms with Crippen LogP contribution in [-0.2, 0) is 4.74 Å². The van der Waals surface area contributed by atoms with Crippen molar-refractivity contribution in [3.8, 4) is 11.3 Å². The fourth-order valence-corrected chi connectivity index (χ4v) is 1.39. The topological polar surface area (TPSA) is 39.4 Å². The maximum absolute atomic E-state index is 13.3. The van der Waals surface area contributed by atoms with Crippen LogP contribution in [0.5, 0.6) is 0 Å². The van der Waals surface area contributed by atoms with Gasteiger partial charge in [0.25, 0.3) is 0 Å². The van der Waals surface area contributed by atoms with Gasteiger partial charge in [-0.2, -0.15) is 0 Å². The normalized spacial score (nSPS) is 10.1. The van der Waals surface area contributed by atoms with E-state index in [0.29, 0.717) is 11.3 Å². The molecule has 2 rings (SSSR count). The molecule has 16 heavy (non-hydrogen) atoms. The Bertz CT molecular complexity index is 503. The van der Waals surface area contributed by atoms with Crippen LogP contribution in [0.3, 0.4) is 0 Å². The predicted octanol–water partition coefficient (Wildman–Crippen LogP) is 2.87. The lowest BCUT2D eigenvalue weighted by Gasteiger charge is -2.03. The largest absolute Gasteiger partial charge is 0.465 e. The van der Waals surface area contributed by atoms with Gasteiger partial charge in [-0.05, 0) is 30.3 Å². The summed E-state index contributed by atoms with van der Waals surface area (Å²) in [5.74, 6) is -0.738. The van der Waals surface area contributed by atoms with Crippen LogP contribution < -0.4 is 0 Å². The highest BCUT2D eigenvalue weighted by Crippen LogP contribution is 2.22. The first-order chi connectivity index (χ1) is 7.72. The highest BCUT2D eigenvalue weighted by molar-refractivity contribution is 5.91. The minimum atomic E-state index is -0.703. The summed E-state index contributed by atoms with van der Waals surface area (Å²) >= 11 is 0.